The van der Waals surface area contributed by atoms with Gasteiger partial charge in [-0.2, -0.15) is 0 Å². The number of rotatable bonds is 5. The van der Waals surface area contributed by atoms with Crippen LogP contribution >= 0.6 is 34.2 Å². The van der Waals surface area contributed by atoms with E-state index < -0.39 is 5.97 Å². The summed E-state index contributed by atoms with van der Waals surface area (Å²) in [5.41, 5.74) is 1.28. The summed E-state index contributed by atoms with van der Waals surface area (Å²) in [6.45, 7) is 0. The summed E-state index contributed by atoms with van der Waals surface area (Å²) in [5.74, 6) is 0.949. The molecule has 6 nitrogen and oxygen atoms in total. The summed E-state index contributed by atoms with van der Waals surface area (Å²) in [6.07, 6.45) is 1.57. The average Bonchev–Trinajstić information content (AvgIpc) is 3.03. The maximum Gasteiger partial charge on any atom is 0.363 e. The molecule has 0 radical (unpaired) electrons. The molecule has 1 aliphatic rings. The molecule has 0 saturated carbocycles. The molecule has 0 aliphatic carbocycles. The first kappa shape index (κ1) is 19.5. The van der Waals surface area contributed by atoms with Crippen LogP contribution in [-0.4, -0.2) is 33.2 Å². The number of aliphatic imine (C=N–C) groups is 1. The van der Waals surface area contributed by atoms with Gasteiger partial charge in [0.15, 0.2) is 17.2 Å². The molecule has 0 bridgehead atoms. The molecule has 27 heavy (non-hydrogen) atoms. The maximum atomic E-state index is 12.3. The number of carbonyl (C=O) groups excluding carboxylic acids is 1. The normalized spacial score (nSPS) is 14.8. The second kappa shape index (κ2) is 8.18. The van der Waals surface area contributed by atoms with Crippen molar-refractivity contribution in [2.75, 3.05) is 21.3 Å². The Morgan fingerprint density at radius 3 is 2.48 bits per heavy atom. The highest BCUT2D eigenvalue weighted by atomic mass is 127. The van der Waals surface area contributed by atoms with Gasteiger partial charge in [0, 0.05) is 9.13 Å². The van der Waals surface area contributed by atoms with E-state index >= 15 is 0 Å². The van der Waals surface area contributed by atoms with Crippen LogP contribution in [-0.2, 0) is 9.53 Å². The van der Waals surface area contributed by atoms with Crippen LogP contribution in [0.3, 0.4) is 0 Å². The lowest BCUT2D eigenvalue weighted by Crippen LogP contribution is -2.06. The Kier molecular flexibility index (Phi) is 5.91. The third-order valence-electron chi connectivity index (χ3n) is 3.81. The fourth-order valence-electron chi connectivity index (χ4n) is 2.57. The van der Waals surface area contributed by atoms with Crippen molar-refractivity contribution < 1.29 is 23.7 Å². The van der Waals surface area contributed by atoms with Gasteiger partial charge in [-0.25, -0.2) is 9.79 Å². The molecule has 0 fully saturated rings. The number of benzene rings is 2. The maximum absolute atomic E-state index is 12.3. The number of hydrogen-bond donors (Lipinski definition) is 0. The lowest BCUT2D eigenvalue weighted by atomic mass is 10.1. The Balaban J connectivity index is 2.06. The van der Waals surface area contributed by atoms with Gasteiger partial charge < -0.3 is 18.9 Å². The third-order valence-corrected chi connectivity index (χ3v) is 4.81. The summed E-state index contributed by atoms with van der Waals surface area (Å²) in [5, 5.41) is 0.451. The van der Waals surface area contributed by atoms with Crippen molar-refractivity contribution in [2.24, 2.45) is 4.99 Å². The number of hydrogen-bond acceptors (Lipinski definition) is 6. The van der Waals surface area contributed by atoms with Gasteiger partial charge in [0.25, 0.3) is 0 Å². The summed E-state index contributed by atoms with van der Waals surface area (Å²) in [6, 6.07) is 8.85. The third kappa shape index (κ3) is 3.89. The summed E-state index contributed by atoms with van der Waals surface area (Å²) < 4.78 is 22.3. The molecule has 0 spiro atoms. The standard InChI is InChI=1S/C19H15ClINO5/c1-24-15-7-4-10(16(25-2)17(15)26-3)8-14-19(23)27-18(22-14)12-9-11(21)5-6-13(12)20/h4-9H,1-3H3. The van der Waals surface area contributed by atoms with Crippen LogP contribution in [0.4, 0.5) is 0 Å². The monoisotopic (exact) mass is 499 g/mol. The molecule has 0 N–H and O–H groups in total. The van der Waals surface area contributed by atoms with Gasteiger partial charge in [0.1, 0.15) is 0 Å². The molecule has 8 heteroatoms. The first-order valence-electron chi connectivity index (χ1n) is 7.75. The van der Waals surface area contributed by atoms with Crippen molar-refractivity contribution in [3.8, 4) is 17.2 Å². The smallest absolute Gasteiger partial charge is 0.363 e. The molecular weight excluding hydrogens is 485 g/mol. The van der Waals surface area contributed by atoms with Crippen molar-refractivity contribution in [3.63, 3.8) is 0 Å². The molecule has 1 heterocycles. The lowest BCUT2D eigenvalue weighted by Gasteiger charge is -2.14. The highest BCUT2D eigenvalue weighted by molar-refractivity contribution is 14.1. The van der Waals surface area contributed by atoms with Crippen LogP contribution in [0.5, 0.6) is 17.2 Å². The van der Waals surface area contributed by atoms with Crippen LogP contribution in [0.25, 0.3) is 6.08 Å². The highest BCUT2D eigenvalue weighted by Crippen LogP contribution is 2.41. The topological polar surface area (TPSA) is 66.4 Å². The molecule has 140 valence electrons. The second-order valence-corrected chi connectivity index (χ2v) is 7.04. The van der Waals surface area contributed by atoms with E-state index in [-0.39, 0.29) is 11.6 Å². The van der Waals surface area contributed by atoms with E-state index in [1.165, 1.54) is 21.3 Å². The van der Waals surface area contributed by atoms with E-state index in [1.54, 1.807) is 30.3 Å². The molecule has 0 unspecified atom stereocenters. The number of cyclic esters (lactones) is 1. The van der Waals surface area contributed by atoms with Gasteiger partial charge >= 0.3 is 5.97 Å². The predicted octanol–water partition coefficient (Wildman–Crippen LogP) is 4.31. The molecule has 2 aromatic rings. The first-order chi connectivity index (χ1) is 13.0. The fraction of sp³-hybridized carbons (Fsp3) is 0.158. The molecule has 0 atom stereocenters. The Labute approximate surface area is 174 Å². The Morgan fingerprint density at radius 1 is 1.07 bits per heavy atom. The molecule has 0 saturated heterocycles. The van der Waals surface area contributed by atoms with E-state index in [0.29, 0.717) is 33.4 Å². The highest BCUT2D eigenvalue weighted by Gasteiger charge is 2.27. The SMILES string of the molecule is COc1ccc(C=C2N=C(c3cc(I)ccc3Cl)OC2=O)c(OC)c1OC. The van der Waals surface area contributed by atoms with Crippen LogP contribution in [0.2, 0.25) is 5.02 Å². The van der Waals surface area contributed by atoms with Gasteiger partial charge in [-0.1, -0.05) is 11.6 Å². The van der Waals surface area contributed by atoms with E-state index in [2.05, 4.69) is 27.6 Å². The van der Waals surface area contributed by atoms with Gasteiger partial charge in [-0.05, 0) is 59.0 Å². The minimum absolute atomic E-state index is 0.130. The van der Waals surface area contributed by atoms with Crippen molar-refractivity contribution >= 4 is 52.1 Å². The number of halogens is 2. The average molecular weight is 500 g/mol. The van der Waals surface area contributed by atoms with Crippen LogP contribution in [0.1, 0.15) is 11.1 Å². The Hall–Kier alpha value is -2.26. The minimum Gasteiger partial charge on any atom is -0.493 e. The molecule has 0 amide bonds. The van der Waals surface area contributed by atoms with Crippen LogP contribution < -0.4 is 14.2 Å². The zero-order chi connectivity index (χ0) is 19.6. The molecule has 1 aliphatic heterocycles. The number of nitrogens with zero attached hydrogens (tertiary/aromatic N) is 1. The largest absolute Gasteiger partial charge is 0.493 e. The number of ether oxygens (including phenoxy) is 4. The quantitative estimate of drug-likeness (QED) is 0.348. The molecule has 0 aromatic heterocycles. The van der Waals surface area contributed by atoms with E-state index in [1.807, 2.05) is 6.07 Å². The number of carbonyl (C=O) groups is 1. The van der Waals surface area contributed by atoms with Gasteiger partial charge in [-0.15, -0.1) is 0 Å². The minimum atomic E-state index is -0.572. The number of methoxy groups -OCH3 is 3. The van der Waals surface area contributed by atoms with E-state index in [4.69, 9.17) is 30.5 Å². The van der Waals surface area contributed by atoms with Crippen LogP contribution in [0, 0.1) is 3.57 Å². The van der Waals surface area contributed by atoms with E-state index in [0.717, 1.165) is 3.57 Å². The summed E-state index contributed by atoms with van der Waals surface area (Å²) in [7, 11) is 4.55. The van der Waals surface area contributed by atoms with Gasteiger partial charge in [0.2, 0.25) is 11.6 Å². The second-order valence-electron chi connectivity index (χ2n) is 5.38. The summed E-state index contributed by atoms with van der Waals surface area (Å²) in [4.78, 5) is 16.6. The van der Waals surface area contributed by atoms with Crippen LogP contribution in [0.15, 0.2) is 41.0 Å². The van der Waals surface area contributed by atoms with E-state index in [9.17, 15) is 4.79 Å². The predicted molar refractivity (Wildman–Crippen MR) is 111 cm³/mol. The zero-order valence-electron chi connectivity index (χ0n) is 14.7. The first-order valence-corrected chi connectivity index (χ1v) is 9.21. The van der Waals surface area contributed by atoms with Gasteiger partial charge in [0.05, 0.1) is 31.9 Å². The van der Waals surface area contributed by atoms with Crippen molar-refractivity contribution in [3.05, 3.63) is 55.7 Å². The fourth-order valence-corrected chi connectivity index (χ4v) is 3.26. The Bertz CT molecular complexity index is 971. The molecule has 2 aromatic carbocycles. The zero-order valence-corrected chi connectivity index (χ0v) is 17.6. The lowest BCUT2D eigenvalue weighted by molar-refractivity contribution is -0.129. The van der Waals surface area contributed by atoms with Crippen molar-refractivity contribution in [1.82, 2.24) is 0 Å². The molecular formula is C19H15ClINO5. The van der Waals surface area contributed by atoms with Gasteiger partial charge in [-0.3, -0.25) is 0 Å². The summed E-state index contributed by atoms with van der Waals surface area (Å²) >= 11 is 8.36. The van der Waals surface area contributed by atoms with Crippen molar-refractivity contribution in [2.45, 2.75) is 0 Å². The Morgan fingerprint density at radius 2 is 1.81 bits per heavy atom. The number of esters is 1. The van der Waals surface area contributed by atoms with Crippen molar-refractivity contribution in [1.29, 1.82) is 0 Å². The molecule has 3 rings (SSSR count).